The van der Waals surface area contributed by atoms with E-state index in [-0.39, 0.29) is 12.4 Å². The molecular formula is C27H44O5. The minimum Gasteiger partial charge on any atom is -0.467 e. The third-order valence-electron chi connectivity index (χ3n) is 7.79. The van der Waals surface area contributed by atoms with E-state index in [4.69, 9.17) is 18.9 Å². The topological polar surface area (TPSA) is 57.2 Å². The molecule has 2 saturated carbocycles. The normalized spacial score (nSPS) is 42.9. The SMILES string of the molecule is CC(C)=CC1C[C@H](C)C[C@H](O)/C(OC2CCCCO2)=C/[C@H]2CCC3CC(CC32)OCCO1. The number of allylic oxidation sites excluding steroid dienone is 2. The Labute approximate surface area is 194 Å². The second-order valence-corrected chi connectivity index (χ2v) is 10.9. The molecule has 1 N–H and O–H groups in total. The van der Waals surface area contributed by atoms with Gasteiger partial charge in [0.05, 0.1) is 32.0 Å². The van der Waals surface area contributed by atoms with E-state index in [0.717, 1.165) is 56.8 Å². The molecule has 2 aliphatic carbocycles. The Bertz CT molecular complexity index is 648. The predicted octanol–water partition coefficient (Wildman–Crippen LogP) is 5.38. The summed E-state index contributed by atoms with van der Waals surface area (Å²) in [6, 6.07) is 0. The molecule has 1 saturated heterocycles. The highest BCUT2D eigenvalue weighted by molar-refractivity contribution is 5.09. The average Bonchev–Trinajstić information content (AvgIpc) is 3.31. The quantitative estimate of drug-likeness (QED) is 0.588. The van der Waals surface area contributed by atoms with Gasteiger partial charge in [0.2, 0.25) is 0 Å². The van der Waals surface area contributed by atoms with Crippen LogP contribution in [0.5, 0.6) is 0 Å². The summed E-state index contributed by atoms with van der Waals surface area (Å²) in [5.41, 5.74) is 1.26. The molecule has 3 fully saturated rings. The fourth-order valence-corrected chi connectivity index (χ4v) is 6.28. The van der Waals surface area contributed by atoms with Gasteiger partial charge in [-0.2, -0.15) is 0 Å². The first-order chi connectivity index (χ1) is 15.5. The lowest BCUT2D eigenvalue weighted by atomic mass is 9.89. The summed E-state index contributed by atoms with van der Waals surface area (Å²) < 4.78 is 24.6. The second-order valence-electron chi connectivity index (χ2n) is 10.9. The standard InChI is InChI=1S/C27H44O5/c1-18(2)12-22-13-19(3)14-25(28)26(32-27-6-4-5-9-31-27)16-21-8-7-20-15-23(17-24(20)21)30-11-10-29-22/h12,16,19-25,27-28H,4-11,13-15,17H2,1-3H3/b26-16-/t19-,20?,21+,22?,23?,24?,25-,27?/m0/s1. The van der Waals surface area contributed by atoms with Crippen molar-refractivity contribution in [1.29, 1.82) is 0 Å². The molecule has 5 nitrogen and oxygen atoms in total. The molecular weight excluding hydrogens is 404 g/mol. The number of hydrogen-bond acceptors (Lipinski definition) is 5. The zero-order valence-electron chi connectivity index (χ0n) is 20.3. The molecule has 0 aromatic rings. The van der Waals surface area contributed by atoms with Crippen LogP contribution in [-0.2, 0) is 18.9 Å². The highest BCUT2D eigenvalue weighted by Gasteiger charge is 2.43. The number of rotatable bonds is 3. The zero-order valence-corrected chi connectivity index (χ0v) is 20.3. The van der Waals surface area contributed by atoms with Crippen LogP contribution in [0.4, 0.5) is 0 Å². The van der Waals surface area contributed by atoms with Crippen LogP contribution in [-0.4, -0.2) is 49.5 Å². The Morgan fingerprint density at radius 1 is 0.969 bits per heavy atom. The number of aliphatic hydroxyl groups excluding tert-OH is 1. The number of hydrogen-bond donors (Lipinski definition) is 1. The molecule has 4 rings (SSSR count). The number of aliphatic hydroxyl groups is 1. The van der Waals surface area contributed by atoms with Crippen molar-refractivity contribution in [2.45, 2.75) is 103 Å². The fourth-order valence-electron chi connectivity index (χ4n) is 6.28. The lowest BCUT2D eigenvalue weighted by Crippen LogP contribution is -2.28. The molecule has 8 atom stereocenters. The molecule has 5 heteroatoms. The molecule has 2 aliphatic heterocycles. The van der Waals surface area contributed by atoms with Crippen LogP contribution in [0, 0.1) is 23.7 Å². The smallest absolute Gasteiger partial charge is 0.199 e. The Kier molecular flexibility index (Phi) is 8.72. The molecule has 0 amide bonds. The lowest BCUT2D eigenvalue weighted by Gasteiger charge is -2.29. The van der Waals surface area contributed by atoms with Crippen LogP contribution in [0.2, 0.25) is 0 Å². The van der Waals surface area contributed by atoms with Crippen LogP contribution >= 0.6 is 0 Å². The predicted molar refractivity (Wildman–Crippen MR) is 125 cm³/mol. The van der Waals surface area contributed by atoms with E-state index < -0.39 is 6.10 Å². The van der Waals surface area contributed by atoms with Crippen LogP contribution in [0.15, 0.2) is 23.5 Å². The first kappa shape index (κ1) is 24.3. The lowest BCUT2D eigenvalue weighted by molar-refractivity contribution is -0.149. The highest BCUT2D eigenvalue weighted by Crippen LogP contribution is 2.49. The molecule has 2 heterocycles. The van der Waals surface area contributed by atoms with Crippen molar-refractivity contribution >= 4 is 0 Å². The van der Waals surface area contributed by atoms with Gasteiger partial charge in [0.25, 0.3) is 0 Å². The van der Waals surface area contributed by atoms with E-state index in [0.29, 0.717) is 43.5 Å². The third kappa shape index (κ3) is 6.59. The van der Waals surface area contributed by atoms with Crippen molar-refractivity contribution < 1.29 is 24.1 Å². The van der Waals surface area contributed by atoms with Gasteiger partial charge in [-0.15, -0.1) is 0 Å². The molecule has 182 valence electrons. The summed E-state index contributed by atoms with van der Waals surface area (Å²) in [4.78, 5) is 0. The summed E-state index contributed by atoms with van der Waals surface area (Å²) in [5, 5.41) is 11.3. The molecule has 0 radical (unpaired) electrons. The fraction of sp³-hybridized carbons (Fsp3) is 0.852. The van der Waals surface area contributed by atoms with E-state index in [1.807, 2.05) is 0 Å². The van der Waals surface area contributed by atoms with Crippen LogP contribution in [0.1, 0.15) is 78.6 Å². The summed E-state index contributed by atoms with van der Waals surface area (Å²) in [6.45, 7) is 8.48. The van der Waals surface area contributed by atoms with Gasteiger partial charge >= 0.3 is 0 Å². The van der Waals surface area contributed by atoms with Crippen molar-refractivity contribution in [2.24, 2.45) is 23.7 Å². The van der Waals surface area contributed by atoms with Gasteiger partial charge in [-0.1, -0.05) is 18.6 Å². The van der Waals surface area contributed by atoms with Gasteiger partial charge in [-0.05, 0) is 95.0 Å². The summed E-state index contributed by atoms with van der Waals surface area (Å²) in [7, 11) is 0. The van der Waals surface area contributed by atoms with Crippen LogP contribution < -0.4 is 0 Å². The van der Waals surface area contributed by atoms with Gasteiger partial charge in [-0.3, -0.25) is 0 Å². The van der Waals surface area contributed by atoms with Crippen LogP contribution in [0.25, 0.3) is 0 Å². The summed E-state index contributed by atoms with van der Waals surface area (Å²) in [5.74, 6) is 2.89. The molecule has 0 aromatic carbocycles. The first-order valence-electron chi connectivity index (χ1n) is 13.0. The van der Waals surface area contributed by atoms with E-state index in [9.17, 15) is 5.11 Å². The zero-order chi connectivity index (χ0) is 22.5. The molecule has 4 aliphatic rings. The van der Waals surface area contributed by atoms with E-state index in [2.05, 4.69) is 32.9 Å². The van der Waals surface area contributed by atoms with Gasteiger partial charge < -0.3 is 24.1 Å². The van der Waals surface area contributed by atoms with Crippen molar-refractivity contribution in [3.8, 4) is 0 Å². The number of fused-ring (bicyclic) bond motifs is 1. The minimum absolute atomic E-state index is 0.0541. The molecule has 0 aromatic heterocycles. The van der Waals surface area contributed by atoms with Gasteiger partial charge in [-0.25, -0.2) is 0 Å². The summed E-state index contributed by atoms with van der Waals surface area (Å²) >= 11 is 0. The molecule has 0 spiro atoms. The van der Waals surface area contributed by atoms with Gasteiger partial charge in [0, 0.05) is 6.42 Å². The van der Waals surface area contributed by atoms with E-state index >= 15 is 0 Å². The molecule has 2 bridgehead atoms. The minimum atomic E-state index is -0.597. The second kappa shape index (κ2) is 11.5. The molecule has 5 unspecified atom stereocenters. The third-order valence-corrected chi connectivity index (χ3v) is 7.79. The van der Waals surface area contributed by atoms with Crippen molar-refractivity contribution in [3.63, 3.8) is 0 Å². The largest absolute Gasteiger partial charge is 0.467 e. The number of ether oxygens (including phenoxy) is 4. The van der Waals surface area contributed by atoms with Crippen molar-refractivity contribution in [3.05, 3.63) is 23.5 Å². The highest BCUT2D eigenvalue weighted by atomic mass is 16.7. The maximum Gasteiger partial charge on any atom is 0.199 e. The Morgan fingerprint density at radius 2 is 1.81 bits per heavy atom. The van der Waals surface area contributed by atoms with E-state index in [1.165, 1.54) is 18.4 Å². The van der Waals surface area contributed by atoms with Crippen molar-refractivity contribution in [2.75, 3.05) is 19.8 Å². The first-order valence-corrected chi connectivity index (χ1v) is 13.0. The Balaban J connectivity index is 1.53. The van der Waals surface area contributed by atoms with Gasteiger partial charge in [0.15, 0.2) is 6.29 Å². The van der Waals surface area contributed by atoms with E-state index in [1.54, 1.807) is 0 Å². The maximum atomic E-state index is 11.3. The summed E-state index contributed by atoms with van der Waals surface area (Å²) in [6.07, 6.45) is 13.5. The average molecular weight is 449 g/mol. The maximum absolute atomic E-state index is 11.3. The monoisotopic (exact) mass is 448 g/mol. The van der Waals surface area contributed by atoms with Gasteiger partial charge in [0.1, 0.15) is 11.9 Å². The Hall–Kier alpha value is -0.880. The Morgan fingerprint density at radius 3 is 2.59 bits per heavy atom. The molecule has 32 heavy (non-hydrogen) atoms. The van der Waals surface area contributed by atoms with Crippen molar-refractivity contribution in [1.82, 2.24) is 0 Å². The van der Waals surface area contributed by atoms with Crippen LogP contribution in [0.3, 0.4) is 0 Å².